The van der Waals surface area contributed by atoms with Crippen molar-refractivity contribution in [1.82, 2.24) is 25.1 Å². The van der Waals surface area contributed by atoms with Gasteiger partial charge in [0.05, 0.1) is 25.5 Å². The average molecular weight is 328 g/mol. The van der Waals surface area contributed by atoms with Gasteiger partial charge in [-0.1, -0.05) is 0 Å². The van der Waals surface area contributed by atoms with Crippen LogP contribution in [0.1, 0.15) is 11.5 Å². The van der Waals surface area contributed by atoms with Gasteiger partial charge in [0, 0.05) is 24.5 Å². The highest BCUT2D eigenvalue weighted by atomic mass is 19.1. The van der Waals surface area contributed by atoms with Gasteiger partial charge >= 0.3 is 0 Å². The molecule has 0 aliphatic rings. The molecule has 0 atom stereocenters. The van der Waals surface area contributed by atoms with E-state index >= 15 is 0 Å². The second kappa shape index (κ2) is 6.61. The van der Waals surface area contributed by atoms with Crippen LogP contribution in [-0.2, 0) is 6.54 Å². The first-order valence-corrected chi connectivity index (χ1v) is 7.32. The number of halogens is 1. The predicted octanol–water partition coefficient (Wildman–Crippen LogP) is 2.35. The highest BCUT2D eigenvalue weighted by Crippen LogP contribution is 2.24. The zero-order valence-corrected chi connectivity index (χ0v) is 13.6. The lowest BCUT2D eigenvalue weighted by Crippen LogP contribution is -2.20. The second-order valence-corrected chi connectivity index (χ2v) is 5.36. The molecular weight excluding hydrogens is 311 g/mol. The van der Waals surface area contributed by atoms with Gasteiger partial charge in [-0.25, -0.2) is 14.4 Å². The lowest BCUT2D eigenvalue weighted by molar-refractivity contribution is 0.386. The third-order valence-electron chi connectivity index (χ3n) is 3.48. The summed E-state index contributed by atoms with van der Waals surface area (Å²) in [5.74, 6) is 0.971. The Morgan fingerprint density at radius 1 is 1.29 bits per heavy atom. The molecule has 0 amide bonds. The second-order valence-electron chi connectivity index (χ2n) is 5.36. The summed E-state index contributed by atoms with van der Waals surface area (Å²) >= 11 is 0. The molecule has 0 fully saturated rings. The summed E-state index contributed by atoms with van der Waals surface area (Å²) in [7, 11) is 3.26. The Bertz CT molecular complexity index is 850. The molecule has 7 nitrogen and oxygen atoms in total. The van der Waals surface area contributed by atoms with Crippen molar-refractivity contribution in [2.24, 2.45) is 0 Å². The van der Waals surface area contributed by atoms with Gasteiger partial charge in [-0.2, -0.15) is 5.10 Å². The van der Waals surface area contributed by atoms with Crippen molar-refractivity contribution in [2.75, 3.05) is 19.1 Å². The third kappa shape index (κ3) is 3.32. The van der Waals surface area contributed by atoms with Crippen molar-refractivity contribution in [3.63, 3.8) is 0 Å². The number of H-pyrrole nitrogens is 1. The maximum atomic E-state index is 13.9. The Morgan fingerprint density at radius 2 is 2.12 bits per heavy atom. The molecule has 0 aliphatic carbocycles. The fourth-order valence-electron chi connectivity index (χ4n) is 2.26. The van der Waals surface area contributed by atoms with Crippen molar-refractivity contribution in [1.29, 1.82) is 0 Å². The molecule has 124 valence electrons. The van der Waals surface area contributed by atoms with Gasteiger partial charge < -0.3 is 14.6 Å². The highest BCUT2D eigenvalue weighted by molar-refractivity contribution is 5.60. The van der Waals surface area contributed by atoms with Crippen LogP contribution < -0.4 is 9.64 Å². The van der Waals surface area contributed by atoms with Gasteiger partial charge in [0.25, 0.3) is 0 Å². The standard InChI is InChI=1S/C16H17FN6O/c1-10-7-18-15(20-10)9-23(2)16-21-13(8-19-22-16)11-4-5-14(24-3)12(17)6-11/h4-8H,9H2,1-3H3,(H,18,20). The van der Waals surface area contributed by atoms with Gasteiger partial charge in [-0.05, 0) is 25.1 Å². The summed E-state index contributed by atoms with van der Waals surface area (Å²) < 4.78 is 18.8. The van der Waals surface area contributed by atoms with Gasteiger partial charge in [-0.3, -0.25) is 0 Å². The summed E-state index contributed by atoms with van der Waals surface area (Å²) in [6, 6.07) is 4.65. The van der Waals surface area contributed by atoms with Crippen molar-refractivity contribution >= 4 is 5.95 Å². The zero-order chi connectivity index (χ0) is 17.1. The van der Waals surface area contributed by atoms with E-state index in [1.807, 2.05) is 18.9 Å². The number of aromatic nitrogens is 5. The molecule has 8 heteroatoms. The van der Waals surface area contributed by atoms with Crippen molar-refractivity contribution in [2.45, 2.75) is 13.5 Å². The number of benzene rings is 1. The maximum absolute atomic E-state index is 13.9. The molecule has 1 aromatic carbocycles. The maximum Gasteiger partial charge on any atom is 0.246 e. The van der Waals surface area contributed by atoms with Crippen LogP contribution in [0.5, 0.6) is 5.75 Å². The van der Waals surface area contributed by atoms with Gasteiger partial charge in [0.15, 0.2) is 11.6 Å². The Morgan fingerprint density at radius 3 is 2.79 bits per heavy atom. The van der Waals surface area contributed by atoms with Crippen LogP contribution in [-0.4, -0.2) is 39.3 Å². The number of anilines is 1. The van der Waals surface area contributed by atoms with E-state index in [1.165, 1.54) is 19.4 Å². The number of imidazole rings is 1. The van der Waals surface area contributed by atoms with E-state index in [4.69, 9.17) is 4.74 Å². The van der Waals surface area contributed by atoms with Crippen LogP contribution in [0.15, 0.2) is 30.6 Å². The van der Waals surface area contributed by atoms with Crippen LogP contribution >= 0.6 is 0 Å². The van der Waals surface area contributed by atoms with E-state index in [-0.39, 0.29) is 5.75 Å². The number of nitrogens with zero attached hydrogens (tertiary/aromatic N) is 5. The van der Waals surface area contributed by atoms with Crippen LogP contribution in [0.3, 0.4) is 0 Å². The number of aromatic amines is 1. The largest absolute Gasteiger partial charge is 0.494 e. The molecule has 3 rings (SSSR count). The van der Waals surface area contributed by atoms with Gasteiger partial charge in [0.2, 0.25) is 5.95 Å². The fourth-order valence-corrected chi connectivity index (χ4v) is 2.26. The summed E-state index contributed by atoms with van der Waals surface area (Å²) in [6.45, 7) is 2.45. The Kier molecular flexibility index (Phi) is 4.37. The third-order valence-corrected chi connectivity index (χ3v) is 3.48. The molecule has 0 radical (unpaired) electrons. The number of nitrogens with one attached hydrogen (secondary N) is 1. The minimum atomic E-state index is -0.449. The molecule has 0 saturated heterocycles. The molecular formula is C16H17FN6O. The van der Waals surface area contributed by atoms with E-state index in [0.29, 0.717) is 23.8 Å². The minimum Gasteiger partial charge on any atom is -0.494 e. The minimum absolute atomic E-state index is 0.186. The van der Waals surface area contributed by atoms with Crippen LogP contribution in [0.25, 0.3) is 11.3 Å². The quantitative estimate of drug-likeness (QED) is 0.774. The van der Waals surface area contributed by atoms with Crippen LogP contribution in [0.2, 0.25) is 0 Å². The molecule has 24 heavy (non-hydrogen) atoms. The summed E-state index contributed by atoms with van der Waals surface area (Å²) in [6.07, 6.45) is 3.26. The van der Waals surface area contributed by atoms with E-state index in [2.05, 4.69) is 25.1 Å². The lowest BCUT2D eigenvalue weighted by Gasteiger charge is -2.15. The topological polar surface area (TPSA) is 79.8 Å². The monoisotopic (exact) mass is 328 g/mol. The van der Waals surface area contributed by atoms with E-state index < -0.39 is 5.82 Å². The summed E-state index contributed by atoms with van der Waals surface area (Å²) in [5.41, 5.74) is 2.12. The van der Waals surface area contributed by atoms with E-state index in [9.17, 15) is 4.39 Å². The Balaban J connectivity index is 1.84. The Labute approximate surface area is 138 Å². The van der Waals surface area contributed by atoms with Gasteiger partial charge in [-0.15, -0.1) is 5.10 Å². The lowest BCUT2D eigenvalue weighted by atomic mass is 10.1. The zero-order valence-electron chi connectivity index (χ0n) is 13.6. The predicted molar refractivity (Wildman–Crippen MR) is 87.2 cm³/mol. The normalized spacial score (nSPS) is 10.7. The molecule has 0 saturated carbocycles. The van der Waals surface area contributed by atoms with E-state index in [1.54, 1.807) is 18.3 Å². The number of aryl methyl sites for hydroxylation is 1. The Hall–Kier alpha value is -3.03. The highest BCUT2D eigenvalue weighted by Gasteiger charge is 2.11. The van der Waals surface area contributed by atoms with Crippen LogP contribution in [0, 0.1) is 12.7 Å². The fraction of sp³-hybridized carbons (Fsp3) is 0.250. The summed E-state index contributed by atoms with van der Waals surface area (Å²) in [4.78, 5) is 13.7. The van der Waals surface area contributed by atoms with Gasteiger partial charge in [0.1, 0.15) is 5.82 Å². The molecule has 0 bridgehead atoms. The SMILES string of the molecule is COc1ccc(-c2cnnc(N(C)Cc3ncc(C)[nH]3)n2)cc1F. The number of hydrogen-bond acceptors (Lipinski definition) is 6. The summed E-state index contributed by atoms with van der Waals surface area (Å²) in [5, 5.41) is 7.99. The van der Waals surface area contributed by atoms with Crippen molar-refractivity contribution in [3.05, 3.63) is 47.9 Å². The first-order valence-electron chi connectivity index (χ1n) is 7.32. The van der Waals surface area contributed by atoms with Crippen molar-refractivity contribution in [3.8, 4) is 17.0 Å². The smallest absolute Gasteiger partial charge is 0.246 e. The average Bonchev–Trinajstić information content (AvgIpc) is 2.99. The first kappa shape index (κ1) is 15.9. The molecule has 2 aromatic heterocycles. The number of hydrogen-bond donors (Lipinski definition) is 1. The molecule has 3 aromatic rings. The molecule has 1 N–H and O–H groups in total. The number of ether oxygens (including phenoxy) is 1. The molecule has 0 spiro atoms. The molecule has 0 aliphatic heterocycles. The first-order chi connectivity index (χ1) is 11.6. The van der Waals surface area contributed by atoms with Crippen LogP contribution in [0.4, 0.5) is 10.3 Å². The molecule has 2 heterocycles. The van der Waals surface area contributed by atoms with E-state index in [0.717, 1.165) is 11.5 Å². The number of rotatable bonds is 5. The van der Waals surface area contributed by atoms with Crippen molar-refractivity contribution < 1.29 is 9.13 Å². The molecule has 0 unspecified atom stereocenters. The number of methoxy groups -OCH3 is 1.